The van der Waals surface area contributed by atoms with Crippen LogP contribution in [-0.2, 0) is 23.8 Å². The monoisotopic (exact) mass is 326 g/mol. The summed E-state index contributed by atoms with van der Waals surface area (Å²) in [5, 5.41) is 10.4. The quantitative estimate of drug-likeness (QED) is 0.616. The molecule has 10 heteroatoms. The van der Waals surface area contributed by atoms with Crippen molar-refractivity contribution >= 4 is 11.9 Å². The Morgan fingerprint density at radius 2 is 1.83 bits per heavy atom. The van der Waals surface area contributed by atoms with Gasteiger partial charge < -0.3 is 19.3 Å². The van der Waals surface area contributed by atoms with Gasteiger partial charge in [0.25, 0.3) is 5.56 Å². The Labute approximate surface area is 128 Å². The van der Waals surface area contributed by atoms with Crippen molar-refractivity contribution in [3.8, 4) is 0 Å². The predicted molar refractivity (Wildman–Crippen MR) is 71.3 cm³/mol. The van der Waals surface area contributed by atoms with Crippen molar-refractivity contribution in [2.24, 2.45) is 0 Å². The topological polar surface area (TPSA) is 137 Å². The van der Waals surface area contributed by atoms with E-state index in [9.17, 15) is 24.3 Å². The molecule has 2 aliphatic rings. The maximum absolute atomic E-state index is 12.0. The number of aromatic nitrogens is 2. The van der Waals surface area contributed by atoms with E-state index >= 15 is 0 Å². The number of ether oxygens (including phenoxy) is 3. The number of esters is 2. The third-order valence-electron chi connectivity index (χ3n) is 3.70. The number of rotatable bonds is 2. The van der Waals surface area contributed by atoms with E-state index < -0.39 is 53.8 Å². The SMILES string of the molecule is CC(=O)O[C@H]1[C@@H](OC(C)=O)[C@H]2O[C@@H]1[C@H](O)c1cc(=O)[nH]c(=O)n12. The van der Waals surface area contributed by atoms with Crippen LogP contribution in [0.5, 0.6) is 0 Å². The molecule has 5 atom stereocenters. The summed E-state index contributed by atoms with van der Waals surface area (Å²) < 4.78 is 16.7. The first-order valence-electron chi connectivity index (χ1n) is 6.83. The number of aromatic amines is 1. The highest BCUT2D eigenvalue weighted by atomic mass is 16.6. The molecule has 0 spiro atoms. The van der Waals surface area contributed by atoms with Gasteiger partial charge in [0.2, 0.25) is 0 Å². The Bertz CT molecular complexity index is 781. The second-order valence-corrected chi connectivity index (χ2v) is 5.32. The maximum atomic E-state index is 12.0. The number of hydrogen-bond donors (Lipinski definition) is 2. The second-order valence-electron chi connectivity index (χ2n) is 5.32. The fourth-order valence-electron chi connectivity index (χ4n) is 2.95. The summed E-state index contributed by atoms with van der Waals surface area (Å²) in [5.41, 5.74) is -1.50. The molecule has 3 heterocycles. The zero-order valence-electron chi connectivity index (χ0n) is 12.2. The van der Waals surface area contributed by atoms with Crippen LogP contribution >= 0.6 is 0 Å². The van der Waals surface area contributed by atoms with Crippen LogP contribution in [0.3, 0.4) is 0 Å². The van der Waals surface area contributed by atoms with Crippen LogP contribution < -0.4 is 11.2 Å². The van der Waals surface area contributed by atoms with Crippen molar-refractivity contribution in [2.45, 2.75) is 44.5 Å². The molecule has 1 saturated heterocycles. The lowest BCUT2D eigenvalue weighted by Gasteiger charge is -2.29. The maximum Gasteiger partial charge on any atom is 0.330 e. The molecule has 2 aliphatic heterocycles. The summed E-state index contributed by atoms with van der Waals surface area (Å²) in [6.45, 7) is 2.31. The lowest BCUT2D eigenvalue weighted by molar-refractivity contribution is -0.165. The highest BCUT2D eigenvalue weighted by Gasteiger charge is 2.57. The van der Waals surface area contributed by atoms with Crippen LogP contribution in [0.1, 0.15) is 31.9 Å². The molecule has 1 fully saturated rings. The molecule has 0 radical (unpaired) electrons. The van der Waals surface area contributed by atoms with Crippen LogP contribution in [0, 0.1) is 0 Å². The van der Waals surface area contributed by atoms with E-state index in [1.165, 1.54) is 0 Å². The van der Waals surface area contributed by atoms with Gasteiger partial charge in [-0.3, -0.25) is 23.9 Å². The molecule has 2 bridgehead atoms. The Kier molecular flexibility index (Phi) is 3.57. The summed E-state index contributed by atoms with van der Waals surface area (Å²) in [4.78, 5) is 48.2. The molecule has 0 aromatic carbocycles. The van der Waals surface area contributed by atoms with Crippen LogP contribution in [0.25, 0.3) is 0 Å². The van der Waals surface area contributed by atoms with Crippen molar-refractivity contribution in [1.82, 2.24) is 9.55 Å². The van der Waals surface area contributed by atoms with Gasteiger partial charge in [-0.2, -0.15) is 0 Å². The molecule has 1 aromatic heterocycles. The van der Waals surface area contributed by atoms with E-state index in [4.69, 9.17) is 14.2 Å². The number of nitrogens with zero attached hydrogens (tertiary/aromatic N) is 1. The summed E-state index contributed by atoms with van der Waals surface area (Å²) in [7, 11) is 0. The molecule has 0 unspecified atom stereocenters. The zero-order chi connectivity index (χ0) is 16.9. The number of fused-ring (bicyclic) bond motifs is 4. The van der Waals surface area contributed by atoms with E-state index in [1.54, 1.807) is 0 Å². The molecule has 124 valence electrons. The van der Waals surface area contributed by atoms with Crippen molar-refractivity contribution in [3.63, 3.8) is 0 Å². The lowest BCUT2D eigenvalue weighted by Crippen LogP contribution is -2.42. The third-order valence-corrected chi connectivity index (χ3v) is 3.70. The van der Waals surface area contributed by atoms with E-state index in [0.29, 0.717) is 0 Å². The largest absolute Gasteiger partial charge is 0.455 e. The molecule has 2 N–H and O–H groups in total. The van der Waals surface area contributed by atoms with Gasteiger partial charge in [-0.05, 0) is 0 Å². The molecule has 0 saturated carbocycles. The van der Waals surface area contributed by atoms with E-state index in [1.807, 2.05) is 4.98 Å². The highest BCUT2D eigenvalue weighted by Crippen LogP contribution is 2.43. The normalized spacial score (nSPS) is 31.3. The summed E-state index contributed by atoms with van der Waals surface area (Å²) in [5.74, 6) is -1.33. The van der Waals surface area contributed by atoms with Gasteiger partial charge in [-0.25, -0.2) is 4.79 Å². The average molecular weight is 326 g/mol. The highest BCUT2D eigenvalue weighted by molar-refractivity contribution is 5.67. The van der Waals surface area contributed by atoms with Gasteiger partial charge in [-0.15, -0.1) is 0 Å². The first-order valence-corrected chi connectivity index (χ1v) is 6.83. The summed E-state index contributed by atoms with van der Waals surface area (Å²) >= 11 is 0. The van der Waals surface area contributed by atoms with E-state index in [-0.39, 0.29) is 5.69 Å². The fourth-order valence-corrected chi connectivity index (χ4v) is 2.95. The van der Waals surface area contributed by atoms with E-state index in [2.05, 4.69) is 0 Å². The van der Waals surface area contributed by atoms with Crippen LogP contribution in [0.4, 0.5) is 0 Å². The van der Waals surface area contributed by atoms with Crippen LogP contribution in [-0.4, -0.2) is 44.9 Å². The molecular weight excluding hydrogens is 312 g/mol. The first kappa shape index (κ1) is 15.4. The van der Waals surface area contributed by atoms with Crippen molar-refractivity contribution in [1.29, 1.82) is 0 Å². The number of carbonyl (C=O) groups is 2. The first-order chi connectivity index (χ1) is 10.8. The number of carbonyl (C=O) groups excluding carboxylic acids is 2. The average Bonchev–Trinajstić information content (AvgIpc) is 2.71. The summed E-state index contributed by atoms with van der Waals surface area (Å²) in [6, 6.07) is 1.05. The molecule has 23 heavy (non-hydrogen) atoms. The third kappa shape index (κ3) is 2.45. The minimum atomic E-state index is -1.40. The Morgan fingerprint density at radius 1 is 1.22 bits per heavy atom. The number of hydrogen-bond acceptors (Lipinski definition) is 8. The van der Waals surface area contributed by atoms with Crippen LogP contribution in [0.2, 0.25) is 0 Å². The van der Waals surface area contributed by atoms with Gasteiger partial charge in [0, 0.05) is 19.9 Å². The fraction of sp³-hybridized carbons (Fsp3) is 0.538. The molecule has 3 rings (SSSR count). The minimum absolute atomic E-state index is 0.00630. The van der Waals surface area contributed by atoms with Gasteiger partial charge >= 0.3 is 17.6 Å². The predicted octanol–water partition coefficient (Wildman–Crippen LogP) is -1.66. The molecular formula is C13H14N2O8. The molecule has 10 nitrogen and oxygen atoms in total. The minimum Gasteiger partial charge on any atom is -0.455 e. The lowest BCUT2D eigenvalue weighted by atomic mass is 10.0. The molecule has 0 aliphatic carbocycles. The van der Waals surface area contributed by atoms with Gasteiger partial charge in [-0.1, -0.05) is 0 Å². The van der Waals surface area contributed by atoms with E-state index in [0.717, 1.165) is 24.5 Å². The molecule has 0 amide bonds. The Morgan fingerprint density at radius 3 is 2.43 bits per heavy atom. The standard InChI is InChI=1S/C13H14N2O8/c1-4(16)21-10-9-8(19)6-3-7(18)14-13(20)15(6)12(23-9)11(10)22-5(2)17/h3,8-12,19H,1-2H3,(H,14,18,20)/t8-,9-,10-,11-,12-/m1/s1. The number of aliphatic hydroxyl groups excluding tert-OH is 1. The smallest absolute Gasteiger partial charge is 0.330 e. The number of nitrogens with one attached hydrogen (secondary N) is 1. The zero-order valence-corrected chi connectivity index (χ0v) is 12.2. The Hall–Kier alpha value is -2.46. The van der Waals surface area contributed by atoms with Crippen molar-refractivity contribution in [3.05, 3.63) is 32.6 Å². The second kappa shape index (κ2) is 5.32. The molecule has 1 aromatic rings. The van der Waals surface area contributed by atoms with Gasteiger partial charge in [0.15, 0.2) is 18.4 Å². The Balaban J connectivity index is 2.13. The van der Waals surface area contributed by atoms with Gasteiger partial charge in [0.05, 0.1) is 5.69 Å². The van der Waals surface area contributed by atoms with Crippen LogP contribution in [0.15, 0.2) is 15.7 Å². The number of H-pyrrole nitrogens is 1. The summed E-state index contributed by atoms with van der Waals surface area (Å²) in [6.07, 6.45) is -5.80. The van der Waals surface area contributed by atoms with Crippen molar-refractivity contribution in [2.75, 3.05) is 0 Å². The van der Waals surface area contributed by atoms with Crippen molar-refractivity contribution < 1.29 is 28.9 Å². The van der Waals surface area contributed by atoms with Gasteiger partial charge in [0.1, 0.15) is 12.2 Å². The number of aliphatic hydroxyl groups is 1.